The molecule has 5 rings (SSSR count). The molecule has 0 aromatic carbocycles. The Labute approximate surface area is 166 Å². The molecule has 4 saturated carbocycles. The largest absolute Gasteiger partial charge is 0.313 e. The summed E-state index contributed by atoms with van der Waals surface area (Å²) in [5.74, 6) is 5.43. The van der Waals surface area contributed by atoms with Crippen molar-refractivity contribution in [2.45, 2.75) is 82.7 Å². The molecule has 0 saturated heterocycles. The molecule has 4 fully saturated rings. The number of fused-ring (bicyclic) bond motifs is 6. The van der Waals surface area contributed by atoms with Gasteiger partial charge in [0.15, 0.2) is 0 Å². The molecule has 0 radical (unpaired) electrons. The molecule has 8 atom stereocenters. The molecule has 0 bridgehead atoms. The van der Waals surface area contributed by atoms with Gasteiger partial charge in [-0.1, -0.05) is 62.8 Å². The van der Waals surface area contributed by atoms with E-state index in [1.807, 2.05) is 0 Å². The predicted octanol–water partition coefficient (Wildman–Crippen LogP) is 5.07. The summed E-state index contributed by atoms with van der Waals surface area (Å²) in [4.78, 5) is 0. The molecule has 150 valence electrons. The highest BCUT2D eigenvalue weighted by Gasteiger charge is 2.43. The second kappa shape index (κ2) is 8.41. The first kappa shape index (κ1) is 18.4. The van der Waals surface area contributed by atoms with Gasteiger partial charge < -0.3 is 10.6 Å². The fourth-order valence-corrected chi connectivity index (χ4v) is 7.68. The quantitative estimate of drug-likeness (QED) is 0.624. The van der Waals surface area contributed by atoms with Crippen molar-refractivity contribution in [3.05, 3.63) is 24.3 Å². The lowest BCUT2D eigenvalue weighted by molar-refractivity contribution is 0.247. The molecular weight excluding hydrogens is 328 g/mol. The van der Waals surface area contributed by atoms with E-state index in [2.05, 4.69) is 34.9 Å². The average molecular weight is 369 g/mol. The number of nitrogens with one attached hydrogen (secondary N) is 2. The van der Waals surface area contributed by atoms with Gasteiger partial charge in [0, 0.05) is 12.1 Å². The van der Waals surface area contributed by atoms with Gasteiger partial charge in [-0.3, -0.25) is 0 Å². The van der Waals surface area contributed by atoms with E-state index in [1.54, 1.807) is 0 Å². The van der Waals surface area contributed by atoms with Gasteiger partial charge in [0.25, 0.3) is 0 Å². The molecule has 4 aliphatic carbocycles. The minimum absolute atomic E-state index is 0.728. The van der Waals surface area contributed by atoms with E-state index in [4.69, 9.17) is 0 Å². The van der Waals surface area contributed by atoms with E-state index < -0.39 is 0 Å². The van der Waals surface area contributed by atoms with Crippen LogP contribution in [-0.2, 0) is 0 Å². The van der Waals surface area contributed by atoms with Crippen LogP contribution in [0.2, 0.25) is 0 Å². The third kappa shape index (κ3) is 3.81. The monoisotopic (exact) mass is 368 g/mol. The van der Waals surface area contributed by atoms with Crippen LogP contribution >= 0.6 is 0 Å². The lowest BCUT2D eigenvalue weighted by Gasteiger charge is -2.28. The summed E-state index contributed by atoms with van der Waals surface area (Å²) in [6.45, 7) is 2.39. The van der Waals surface area contributed by atoms with Crippen LogP contribution in [0.15, 0.2) is 24.3 Å². The number of hydrogen-bond donors (Lipinski definition) is 2. The Balaban J connectivity index is 1.33. The lowest BCUT2D eigenvalue weighted by atomic mass is 9.77. The van der Waals surface area contributed by atoms with E-state index in [-0.39, 0.29) is 0 Å². The summed E-state index contributed by atoms with van der Waals surface area (Å²) in [5, 5.41) is 7.94. The van der Waals surface area contributed by atoms with Crippen molar-refractivity contribution < 1.29 is 0 Å². The highest BCUT2D eigenvalue weighted by Crippen LogP contribution is 2.48. The number of allylic oxidation sites excluding steroid dienone is 2. The third-order valence-corrected chi connectivity index (χ3v) is 8.91. The summed E-state index contributed by atoms with van der Waals surface area (Å²) in [5.41, 5.74) is 0. The van der Waals surface area contributed by atoms with Crippen molar-refractivity contribution in [2.24, 2.45) is 35.5 Å². The van der Waals surface area contributed by atoms with E-state index >= 15 is 0 Å². The molecule has 2 heteroatoms. The summed E-state index contributed by atoms with van der Waals surface area (Å²) in [6.07, 6.45) is 26.0. The summed E-state index contributed by atoms with van der Waals surface area (Å²) >= 11 is 0. The first-order valence-electron chi connectivity index (χ1n) is 12.2. The molecular formula is C25H40N2. The lowest BCUT2D eigenvalue weighted by Crippen LogP contribution is -2.37. The molecule has 0 aromatic heterocycles. The zero-order valence-electron chi connectivity index (χ0n) is 17.1. The average Bonchev–Trinajstić information content (AvgIpc) is 3.22. The molecule has 1 heterocycles. The third-order valence-electron chi connectivity index (χ3n) is 8.91. The zero-order valence-corrected chi connectivity index (χ0v) is 17.1. The fourth-order valence-electron chi connectivity index (χ4n) is 7.68. The van der Waals surface area contributed by atoms with Crippen molar-refractivity contribution in [1.82, 2.24) is 10.6 Å². The SMILES string of the molecule is C1=C/[C@H]2[C@@H]3CCCC[C@H]3C[C@H]2NCCCN[C@@H]2C[C@@H]3CCCC[C@H]3[C@@H]2/C=C/1. The van der Waals surface area contributed by atoms with Gasteiger partial charge in [0.05, 0.1) is 0 Å². The Morgan fingerprint density at radius 3 is 1.56 bits per heavy atom. The maximum absolute atomic E-state index is 3.97. The van der Waals surface area contributed by atoms with Crippen molar-refractivity contribution in [1.29, 1.82) is 0 Å². The summed E-state index contributed by atoms with van der Waals surface area (Å²) in [6, 6.07) is 1.46. The molecule has 0 amide bonds. The van der Waals surface area contributed by atoms with Crippen LogP contribution in [0.3, 0.4) is 0 Å². The molecule has 0 spiro atoms. The van der Waals surface area contributed by atoms with Crippen molar-refractivity contribution in [3.63, 3.8) is 0 Å². The Hall–Kier alpha value is -0.600. The van der Waals surface area contributed by atoms with Crippen molar-refractivity contribution >= 4 is 0 Å². The first-order valence-corrected chi connectivity index (χ1v) is 12.2. The van der Waals surface area contributed by atoms with E-state index in [0.29, 0.717) is 0 Å². The van der Waals surface area contributed by atoms with Gasteiger partial charge in [-0.25, -0.2) is 0 Å². The molecule has 2 N–H and O–H groups in total. The minimum Gasteiger partial charge on any atom is -0.313 e. The van der Waals surface area contributed by atoms with Crippen LogP contribution in [-0.4, -0.2) is 25.2 Å². The van der Waals surface area contributed by atoms with Crippen molar-refractivity contribution in [2.75, 3.05) is 13.1 Å². The normalized spacial score (nSPS) is 50.1. The van der Waals surface area contributed by atoms with Crippen LogP contribution in [0.1, 0.15) is 70.6 Å². The Kier molecular flexibility index (Phi) is 5.74. The second-order valence-electron chi connectivity index (χ2n) is 10.3. The smallest absolute Gasteiger partial charge is 0.0135 e. The summed E-state index contributed by atoms with van der Waals surface area (Å²) in [7, 11) is 0. The Bertz CT molecular complexity index is 505. The van der Waals surface area contributed by atoms with E-state index in [1.165, 1.54) is 83.7 Å². The van der Waals surface area contributed by atoms with E-state index in [9.17, 15) is 0 Å². The number of rotatable bonds is 0. The molecule has 0 unspecified atom stereocenters. The zero-order chi connectivity index (χ0) is 18.1. The van der Waals surface area contributed by atoms with Gasteiger partial charge in [-0.2, -0.15) is 0 Å². The molecule has 0 aromatic rings. The number of hydrogen-bond acceptors (Lipinski definition) is 2. The van der Waals surface area contributed by atoms with Gasteiger partial charge >= 0.3 is 0 Å². The fraction of sp³-hybridized carbons (Fsp3) is 0.840. The molecule has 27 heavy (non-hydrogen) atoms. The van der Waals surface area contributed by atoms with Crippen LogP contribution in [0.5, 0.6) is 0 Å². The van der Waals surface area contributed by atoms with Crippen molar-refractivity contribution in [3.8, 4) is 0 Å². The molecule has 1 aliphatic heterocycles. The highest BCUT2D eigenvalue weighted by atomic mass is 15.0. The van der Waals surface area contributed by atoms with Gasteiger partial charge in [-0.15, -0.1) is 0 Å². The maximum atomic E-state index is 3.97. The van der Waals surface area contributed by atoms with Gasteiger partial charge in [0.2, 0.25) is 0 Å². The summed E-state index contributed by atoms with van der Waals surface area (Å²) < 4.78 is 0. The second-order valence-corrected chi connectivity index (χ2v) is 10.3. The van der Waals surface area contributed by atoms with Crippen LogP contribution in [0.25, 0.3) is 0 Å². The first-order chi connectivity index (χ1) is 13.4. The highest BCUT2D eigenvalue weighted by molar-refractivity contribution is 5.15. The minimum atomic E-state index is 0.728. The van der Waals surface area contributed by atoms with Gasteiger partial charge in [0.1, 0.15) is 0 Å². The molecule has 2 nitrogen and oxygen atoms in total. The van der Waals surface area contributed by atoms with Gasteiger partial charge in [-0.05, 0) is 80.7 Å². The Morgan fingerprint density at radius 1 is 0.556 bits per heavy atom. The maximum Gasteiger partial charge on any atom is 0.0135 e. The predicted molar refractivity (Wildman–Crippen MR) is 114 cm³/mol. The standard InChI is InChI=1S/C25H40N2/c1-3-10-20-18(8-1)16-24-22(20)12-5-6-13-23-21-11-4-2-9-19(21)17-25(23)27-15-7-14-26-24/h5-6,12-13,18-27H,1-4,7-11,14-17H2/b12-5+,13-6+/t18-,19-,20+,21+,22-,23-,24+,25+/m0/s1. The van der Waals surface area contributed by atoms with Crippen LogP contribution < -0.4 is 10.6 Å². The topological polar surface area (TPSA) is 24.1 Å². The van der Waals surface area contributed by atoms with Crippen LogP contribution in [0, 0.1) is 35.5 Å². The Morgan fingerprint density at radius 2 is 1.04 bits per heavy atom. The molecule has 5 aliphatic rings. The van der Waals surface area contributed by atoms with E-state index in [0.717, 1.165) is 47.6 Å². The van der Waals surface area contributed by atoms with Crippen LogP contribution in [0.4, 0.5) is 0 Å².